The number of para-hydroxylation sites is 1. The van der Waals surface area contributed by atoms with Crippen molar-refractivity contribution < 1.29 is 0 Å². The van der Waals surface area contributed by atoms with Gasteiger partial charge in [-0.15, -0.1) is 0 Å². The first-order valence-corrected chi connectivity index (χ1v) is 34.7. The minimum absolute atomic E-state index is 0.0111. The van der Waals surface area contributed by atoms with E-state index < -0.39 is 0 Å². The summed E-state index contributed by atoms with van der Waals surface area (Å²) in [6.45, 7) is 35.1. The molecule has 18 rings (SSSR count). The number of hydrogen-bond donors (Lipinski definition) is 0. The van der Waals surface area contributed by atoms with Gasteiger partial charge in [0.15, 0.2) is 0 Å². The number of nitrogens with zero attached hydrogens (tertiary/aromatic N) is 4. The molecular weight excluding hydrogens is 1160 g/mol. The monoisotopic (exact) mass is 1240 g/mol. The van der Waals surface area contributed by atoms with Gasteiger partial charge in [0.2, 0.25) is 0 Å². The van der Waals surface area contributed by atoms with Crippen LogP contribution >= 0.6 is 0 Å². The topological polar surface area (TPSA) is 19.2 Å². The average Bonchev–Trinajstić information content (AvgIpc) is 1.51. The van der Waals surface area contributed by atoms with Crippen LogP contribution in [0.1, 0.15) is 132 Å². The molecular formula is C92H82N4. The highest BCUT2D eigenvalue weighted by Gasteiger charge is 2.33. The number of benzene rings is 12. The average molecular weight is 1240 g/mol. The number of hydrogen-bond acceptors (Lipinski definition) is 0. The standard InChI is InChI=1S/C92H82N4/c1-88(2,3)53-32-40-76-68(46-53)69-47-54(89(4,5)6)33-41-77(69)93(76)57-36-44-80-72(50-57)66-39-45-82-84(87(66)95(80)81-31-23-22-30-75(81)92(13,14)15)74-52-58(94-78-42-34-55(90(7,8)9)48-70(78)71-49-56(91(10,11)12)35-43-79(71)94)51-73-67-38-37-65-63-28-19-18-26-61(63)59-24-16-17-25-60(59)62-27-20-21-29-64(62)83(65)86(67)96(82)85(73)74/h16-52H,1-15H3. The molecule has 17 aromatic rings. The largest absolute Gasteiger partial charge is 0.309 e. The lowest BCUT2D eigenvalue weighted by atomic mass is 9.80. The summed E-state index contributed by atoms with van der Waals surface area (Å²) in [6.07, 6.45) is 0. The van der Waals surface area contributed by atoms with Crippen LogP contribution in [0.2, 0.25) is 0 Å². The van der Waals surface area contributed by atoms with Gasteiger partial charge in [-0.05, 0) is 185 Å². The molecule has 1 aliphatic carbocycles. The molecule has 0 saturated carbocycles. The number of aromatic nitrogens is 4. The van der Waals surface area contributed by atoms with Gasteiger partial charge < -0.3 is 18.1 Å². The summed E-state index contributed by atoms with van der Waals surface area (Å²) in [4.78, 5) is 0. The van der Waals surface area contributed by atoms with Crippen molar-refractivity contribution in [1.29, 1.82) is 0 Å². The lowest BCUT2D eigenvalue weighted by Gasteiger charge is -2.24. The van der Waals surface area contributed by atoms with E-state index in [9.17, 15) is 0 Å². The minimum atomic E-state index is -0.179. The zero-order chi connectivity index (χ0) is 66.2. The Morgan fingerprint density at radius 2 is 0.594 bits per heavy atom. The predicted molar refractivity (Wildman–Crippen MR) is 413 cm³/mol. The van der Waals surface area contributed by atoms with Crippen molar-refractivity contribution in [3.63, 3.8) is 0 Å². The van der Waals surface area contributed by atoms with Gasteiger partial charge in [-0.25, -0.2) is 0 Å². The van der Waals surface area contributed by atoms with Gasteiger partial charge in [0.1, 0.15) is 0 Å². The highest BCUT2D eigenvalue weighted by molar-refractivity contribution is 6.33. The molecule has 0 radical (unpaired) electrons. The third-order valence-corrected chi connectivity index (χ3v) is 21.8. The first-order chi connectivity index (χ1) is 45.8. The molecule has 0 fully saturated rings. The Kier molecular flexibility index (Phi) is 12.0. The zero-order valence-electron chi connectivity index (χ0n) is 58.2. The first kappa shape index (κ1) is 58.4. The third kappa shape index (κ3) is 8.33. The van der Waals surface area contributed by atoms with Crippen LogP contribution in [-0.4, -0.2) is 18.1 Å². The van der Waals surface area contributed by atoms with Gasteiger partial charge in [0.25, 0.3) is 0 Å². The SMILES string of the molecule is CC(C)(C)c1ccc2c(c1)c1cc(C(C)(C)C)ccc1n2-c1ccc2c(c1)c1ccc3c(c4cc(-n5c6ccc(C(C)(C)C)cc6c6cc(C(C)(C)C)ccc65)cc5c6ccc7c(c6n3c54)-c3ccccc3-c3ccccc3-c3ccccc3-7)c1n2-c1ccccc1C(C)(C)C. The van der Waals surface area contributed by atoms with Crippen LogP contribution < -0.4 is 0 Å². The Balaban J connectivity index is 1.03. The fourth-order valence-electron chi connectivity index (χ4n) is 16.8. The van der Waals surface area contributed by atoms with Crippen LogP contribution in [0.25, 0.3) is 165 Å². The molecule has 0 saturated heterocycles. The summed E-state index contributed by atoms with van der Waals surface area (Å²) < 4.78 is 10.5. The van der Waals surface area contributed by atoms with Crippen LogP contribution in [0.15, 0.2) is 224 Å². The molecule has 0 spiro atoms. The zero-order valence-corrected chi connectivity index (χ0v) is 58.2. The Labute approximate surface area is 563 Å². The van der Waals surface area contributed by atoms with Crippen molar-refractivity contribution in [3.8, 4) is 61.6 Å². The van der Waals surface area contributed by atoms with Gasteiger partial charge in [0, 0.05) is 76.5 Å². The quantitative estimate of drug-likeness (QED) is 0.168. The fraction of sp³-hybridized carbons (Fsp3) is 0.217. The Hall–Kier alpha value is -10.2. The molecule has 0 aliphatic heterocycles. The summed E-state index contributed by atoms with van der Waals surface area (Å²) in [6, 6.07) is 87.8. The van der Waals surface area contributed by atoms with Crippen LogP contribution in [0.4, 0.5) is 0 Å². The molecule has 5 heterocycles. The van der Waals surface area contributed by atoms with Crippen molar-refractivity contribution in [2.75, 3.05) is 0 Å². The van der Waals surface area contributed by atoms with Crippen molar-refractivity contribution in [2.24, 2.45) is 0 Å². The van der Waals surface area contributed by atoms with Gasteiger partial charge in [-0.2, -0.15) is 0 Å². The fourth-order valence-corrected chi connectivity index (χ4v) is 16.8. The molecule has 0 atom stereocenters. The number of rotatable bonds is 3. The first-order valence-electron chi connectivity index (χ1n) is 34.7. The summed E-state index contributed by atoms with van der Waals surface area (Å²) in [7, 11) is 0. The molecule has 96 heavy (non-hydrogen) atoms. The van der Waals surface area contributed by atoms with Crippen LogP contribution in [0.5, 0.6) is 0 Å². The van der Waals surface area contributed by atoms with Crippen molar-refractivity contribution in [3.05, 3.63) is 252 Å². The van der Waals surface area contributed by atoms with E-state index in [2.05, 4.69) is 346 Å². The molecule has 0 amide bonds. The van der Waals surface area contributed by atoms with E-state index in [0.29, 0.717) is 0 Å². The normalized spacial score (nSPS) is 13.4. The predicted octanol–water partition coefficient (Wildman–Crippen LogP) is 25.6. The molecule has 4 nitrogen and oxygen atoms in total. The second-order valence-electron chi connectivity index (χ2n) is 33.0. The lowest BCUT2D eigenvalue weighted by molar-refractivity contribution is 0.587. The summed E-state index contributed by atoms with van der Waals surface area (Å²) in [5.41, 5.74) is 30.7. The Morgan fingerprint density at radius 3 is 1.08 bits per heavy atom. The Bertz CT molecular complexity index is 6050. The van der Waals surface area contributed by atoms with E-state index in [1.807, 2.05) is 0 Å². The van der Waals surface area contributed by atoms with E-state index in [0.717, 1.165) is 11.4 Å². The maximum atomic E-state index is 2.69. The van der Waals surface area contributed by atoms with E-state index in [1.165, 1.54) is 182 Å². The summed E-state index contributed by atoms with van der Waals surface area (Å²) in [5, 5.41) is 12.5. The summed E-state index contributed by atoms with van der Waals surface area (Å²) >= 11 is 0. The second kappa shape index (κ2) is 19.7. The van der Waals surface area contributed by atoms with Crippen LogP contribution in [0.3, 0.4) is 0 Å². The number of fused-ring (bicyclic) bond motifs is 25. The molecule has 4 heteroatoms. The summed E-state index contributed by atoms with van der Waals surface area (Å²) in [5.74, 6) is 0. The van der Waals surface area contributed by atoms with Crippen molar-refractivity contribution >= 4 is 104 Å². The van der Waals surface area contributed by atoms with E-state index in [1.54, 1.807) is 0 Å². The van der Waals surface area contributed by atoms with E-state index in [-0.39, 0.29) is 27.1 Å². The molecule has 470 valence electrons. The van der Waals surface area contributed by atoms with Crippen molar-refractivity contribution in [2.45, 2.75) is 131 Å². The third-order valence-electron chi connectivity index (χ3n) is 21.8. The smallest absolute Gasteiger partial charge is 0.0641 e. The van der Waals surface area contributed by atoms with Crippen LogP contribution in [-0.2, 0) is 27.1 Å². The van der Waals surface area contributed by atoms with Gasteiger partial charge in [-0.3, -0.25) is 0 Å². The van der Waals surface area contributed by atoms with Crippen molar-refractivity contribution in [1.82, 2.24) is 18.1 Å². The van der Waals surface area contributed by atoms with E-state index >= 15 is 0 Å². The maximum Gasteiger partial charge on any atom is 0.0641 e. The maximum absolute atomic E-state index is 2.69. The lowest BCUT2D eigenvalue weighted by Crippen LogP contribution is -2.15. The molecule has 12 aromatic carbocycles. The molecule has 0 bridgehead atoms. The highest BCUT2D eigenvalue weighted by Crippen LogP contribution is 2.55. The van der Waals surface area contributed by atoms with Gasteiger partial charge >= 0.3 is 0 Å². The van der Waals surface area contributed by atoms with Crippen LogP contribution in [0, 0.1) is 0 Å². The molecule has 5 aromatic heterocycles. The second-order valence-corrected chi connectivity index (χ2v) is 33.0. The molecule has 1 aliphatic rings. The van der Waals surface area contributed by atoms with E-state index in [4.69, 9.17) is 0 Å². The minimum Gasteiger partial charge on any atom is -0.309 e. The molecule has 0 N–H and O–H groups in total. The highest BCUT2D eigenvalue weighted by atomic mass is 15.0. The van der Waals surface area contributed by atoms with Gasteiger partial charge in [-0.1, -0.05) is 237 Å². The Morgan fingerprint density at radius 1 is 0.229 bits per heavy atom. The molecule has 0 unspecified atom stereocenters. The van der Waals surface area contributed by atoms with Gasteiger partial charge in [0.05, 0.1) is 49.7 Å².